The maximum Gasteiger partial charge on any atom is 0.335 e. The van der Waals surface area contributed by atoms with E-state index >= 15 is 0 Å². The first kappa shape index (κ1) is 20.2. The first-order valence-electron chi connectivity index (χ1n) is 8.81. The molecule has 7 heteroatoms. The molecular weight excluding hydrogens is 388 g/mol. The van der Waals surface area contributed by atoms with Gasteiger partial charge < -0.3 is 9.84 Å². The Morgan fingerprint density at radius 2 is 1.93 bits per heavy atom. The molecule has 1 aliphatic heterocycles. The molecule has 2 aromatic carbocycles. The molecule has 0 atom stereocenters. The zero-order chi connectivity index (χ0) is 20.8. The molecule has 0 aromatic heterocycles. The zero-order valence-corrected chi connectivity index (χ0v) is 16.5. The van der Waals surface area contributed by atoms with Crippen molar-refractivity contribution in [3.63, 3.8) is 0 Å². The summed E-state index contributed by atoms with van der Waals surface area (Å²) in [4.78, 5) is 30.4. The summed E-state index contributed by atoms with van der Waals surface area (Å²) in [7, 11) is 0. The van der Waals surface area contributed by atoms with Crippen LogP contribution in [-0.4, -0.2) is 40.2 Å². The molecule has 0 radical (unpaired) electrons. The van der Waals surface area contributed by atoms with E-state index in [1.807, 2.05) is 19.1 Å². The molecule has 0 aliphatic carbocycles. The molecular formula is C22H18N2O4S. The minimum Gasteiger partial charge on any atom is -0.481 e. The zero-order valence-electron chi connectivity index (χ0n) is 15.7. The minimum atomic E-state index is -0.995. The third-order valence-electron chi connectivity index (χ3n) is 4.04. The van der Waals surface area contributed by atoms with Gasteiger partial charge in [-0.15, -0.1) is 6.42 Å². The number of aromatic carboxylic acids is 1. The molecule has 1 aliphatic rings. The summed E-state index contributed by atoms with van der Waals surface area (Å²) >= 11 is 1.28. The summed E-state index contributed by atoms with van der Waals surface area (Å²) in [6.07, 6.45) is 6.98. The van der Waals surface area contributed by atoms with Gasteiger partial charge in [0.1, 0.15) is 12.4 Å². The maximum atomic E-state index is 12.7. The summed E-state index contributed by atoms with van der Waals surface area (Å²) in [5, 5.41) is 9.55. The number of thioether (sulfide) groups is 1. The number of amides is 1. The smallest absolute Gasteiger partial charge is 0.335 e. The number of carboxylic acids is 1. The van der Waals surface area contributed by atoms with E-state index in [1.165, 1.54) is 23.9 Å². The number of terminal acetylenes is 1. The second-order valence-electron chi connectivity index (χ2n) is 5.97. The molecule has 0 saturated carbocycles. The van der Waals surface area contributed by atoms with E-state index in [9.17, 15) is 9.59 Å². The fourth-order valence-corrected chi connectivity index (χ4v) is 3.66. The Balaban J connectivity index is 1.82. The molecule has 3 rings (SSSR count). The van der Waals surface area contributed by atoms with Crippen LogP contribution >= 0.6 is 11.8 Å². The Kier molecular flexibility index (Phi) is 6.37. The maximum absolute atomic E-state index is 12.7. The number of nitrogens with zero attached hydrogens (tertiary/aromatic N) is 2. The lowest BCUT2D eigenvalue weighted by atomic mass is 10.2. The van der Waals surface area contributed by atoms with E-state index in [4.69, 9.17) is 16.3 Å². The standard InChI is InChI=1S/C22H18N2O4S/c1-3-13-28-18-11-5-15(6-12-18)14-19-20(25)24(4-2)22(29-19)23-17-9-7-16(8-10-17)21(26)27/h1,5-12,14H,4,13H2,2H3,(H,26,27)/b19-14+,23-22?. The number of amidine groups is 1. The minimum absolute atomic E-state index is 0.119. The van der Waals surface area contributed by atoms with Crippen LogP contribution in [0.25, 0.3) is 6.08 Å². The van der Waals surface area contributed by atoms with Gasteiger partial charge in [0.2, 0.25) is 0 Å². The van der Waals surface area contributed by atoms with Crippen molar-refractivity contribution in [1.82, 2.24) is 4.90 Å². The van der Waals surface area contributed by atoms with Crippen LogP contribution in [0.4, 0.5) is 5.69 Å². The molecule has 6 nitrogen and oxygen atoms in total. The van der Waals surface area contributed by atoms with Gasteiger partial charge in [0.15, 0.2) is 5.17 Å². The van der Waals surface area contributed by atoms with Gasteiger partial charge in [0, 0.05) is 6.54 Å². The lowest BCUT2D eigenvalue weighted by Gasteiger charge is -2.12. The molecule has 1 N–H and O–H groups in total. The lowest BCUT2D eigenvalue weighted by molar-refractivity contribution is -0.122. The van der Waals surface area contributed by atoms with E-state index in [1.54, 1.807) is 35.2 Å². The average Bonchev–Trinajstić information content (AvgIpc) is 3.01. The normalized spacial score (nSPS) is 16.3. The molecule has 0 bridgehead atoms. The number of ether oxygens (including phenoxy) is 1. The topological polar surface area (TPSA) is 79.2 Å². The highest BCUT2D eigenvalue weighted by molar-refractivity contribution is 8.18. The van der Waals surface area contributed by atoms with Crippen molar-refractivity contribution < 1.29 is 19.4 Å². The molecule has 146 valence electrons. The Bertz CT molecular complexity index is 1020. The number of carbonyl (C=O) groups is 2. The van der Waals surface area contributed by atoms with Gasteiger partial charge in [-0.1, -0.05) is 18.1 Å². The third kappa shape index (κ3) is 4.86. The SMILES string of the molecule is C#CCOc1ccc(/C=C2/SC(=Nc3ccc(C(=O)O)cc3)N(CC)C2=O)cc1. The van der Waals surface area contributed by atoms with E-state index in [2.05, 4.69) is 10.9 Å². The average molecular weight is 406 g/mol. The van der Waals surface area contributed by atoms with Crippen LogP contribution in [0.15, 0.2) is 58.4 Å². The molecule has 29 heavy (non-hydrogen) atoms. The van der Waals surface area contributed by atoms with Crippen LogP contribution in [0.5, 0.6) is 5.75 Å². The van der Waals surface area contributed by atoms with E-state index in [0.29, 0.717) is 28.1 Å². The lowest BCUT2D eigenvalue weighted by Crippen LogP contribution is -2.28. The Morgan fingerprint density at radius 1 is 1.24 bits per heavy atom. The van der Waals surface area contributed by atoms with Gasteiger partial charge >= 0.3 is 5.97 Å². The summed E-state index contributed by atoms with van der Waals surface area (Å²) in [6, 6.07) is 13.5. The number of hydrogen-bond donors (Lipinski definition) is 1. The molecule has 1 heterocycles. The van der Waals surface area contributed by atoms with Crippen molar-refractivity contribution in [1.29, 1.82) is 0 Å². The number of carboxylic acid groups (broad SMARTS) is 1. The highest BCUT2D eigenvalue weighted by Crippen LogP contribution is 2.34. The van der Waals surface area contributed by atoms with Gasteiger partial charge in [-0.2, -0.15) is 0 Å². The number of likely N-dealkylation sites (N-methyl/N-ethyl adjacent to an activating group) is 1. The summed E-state index contributed by atoms with van der Waals surface area (Å²) in [6.45, 7) is 2.56. The highest BCUT2D eigenvalue weighted by atomic mass is 32.2. The second-order valence-corrected chi connectivity index (χ2v) is 6.98. The number of rotatable bonds is 6. The number of carbonyl (C=O) groups excluding carboxylic acids is 1. The highest BCUT2D eigenvalue weighted by Gasteiger charge is 2.32. The number of benzene rings is 2. The van der Waals surface area contributed by atoms with Crippen LogP contribution in [0.3, 0.4) is 0 Å². The van der Waals surface area contributed by atoms with E-state index < -0.39 is 5.97 Å². The van der Waals surface area contributed by atoms with Crippen LogP contribution in [0.1, 0.15) is 22.8 Å². The number of aliphatic imine (C=N–C) groups is 1. The Labute approximate surface area is 172 Å². The van der Waals surface area contributed by atoms with E-state index in [-0.39, 0.29) is 18.1 Å². The van der Waals surface area contributed by atoms with Crippen LogP contribution < -0.4 is 4.74 Å². The second kappa shape index (κ2) is 9.13. The molecule has 0 spiro atoms. The van der Waals surface area contributed by atoms with Crippen molar-refractivity contribution in [3.8, 4) is 18.1 Å². The number of hydrogen-bond acceptors (Lipinski definition) is 5. The molecule has 2 aromatic rings. The first-order valence-corrected chi connectivity index (χ1v) is 9.63. The fraction of sp³-hybridized carbons (Fsp3) is 0.136. The van der Waals surface area contributed by atoms with Gasteiger partial charge in [0.25, 0.3) is 5.91 Å². The summed E-state index contributed by atoms with van der Waals surface area (Å²) < 4.78 is 5.35. The molecule has 1 fully saturated rings. The quantitative estimate of drug-likeness (QED) is 0.579. The van der Waals surface area contributed by atoms with E-state index in [0.717, 1.165) is 5.56 Å². The largest absolute Gasteiger partial charge is 0.481 e. The van der Waals surface area contributed by atoms with Gasteiger partial charge in [-0.05, 0) is 66.7 Å². The Hall–Kier alpha value is -3.50. The van der Waals surface area contributed by atoms with Crippen molar-refractivity contribution in [2.75, 3.05) is 13.2 Å². The molecule has 0 unspecified atom stereocenters. The first-order chi connectivity index (χ1) is 14.0. The van der Waals surface area contributed by atoms with Gasteiger partial charge in [0.05, 0.1) is 16.2 Å². The molecule has 1 saturated heterocycles. The predicted octanol–water partition coefficient (Wildman–Crippen LogP) is 4.02. The molecule has 1 amide bonds. The monoisotopic (exact) mass is 406 g/mol. The van der Waals surface area contributed by atoms with Gasteiger partial charge in [-0.3, -0.25) is 9.69 Å². The van der Waals surface area contributed by atoms with Crippen molar-refractivity contribution in [2.45, 2.75) is 6.92 Å². The van der Waals surface area contributed by atoms with Crippen LogP contribution in [0.2, 0.25) is 0 Å². The fourth-order valence-electron chi connectivity index (χ4n) is 2.60. The van der Waals surface area contributed by atoms with Crippen LogP contribution in [-0.2, 0) is 4.79 Å². The van der Waals surface area contributed by atoms with Crippen LogP contribution in [0, 0.1) is 12.3 Å². The summed E-state index contributed by atoms with van der Waals surface area (Å²) in [5.74, 6) is 1.96. The van der Waals surface area contributed by atoms with Crippen molar-refractivity contribution in [2.24, 2.45) is 4.99 Å². The van der Waals surface area contributed by atoms with Crippen molar-refractivity contribution in [3.05, 3.63) is 64.6 Å². The predicted molar refractivity (Wildman–Crippen MR) is 114 cm³/mol. The third-order valence-corrected chi connectivity index (χ3v) is 5.05. The Morgan fingerprint density at radius 3 is 2.52 bits per heavy atom. The van der Waals surface area contributed by atoms with Gasteiger partial charge in [-0.25, -0.2) is 9.79 Å². The summed E-state index contributed by atoms with van der Waals surface area (Å²) in [5.41, 5.74) is 1.63. The van der Waals surface area contributed by atoms with Crippen molar-refractivity contribution >= 4 is 40.6 Å².